The molecular weight excluding hydrogens is 2030 g/mol. The molecule has 145 heavy (non-hydrogen) atoms. The van der Waals surface area contributed by atoms with E-state index < -0.39 is 208 Å². The fourth-order valence-electron chi connectivity index (χ4n) is 15.3. The van der Waals surface area contributed by atoms with E-state index in [0.717, 1.165) is 170 Å². The van der Waals surface area contributed by atoms with Crippen molar-refractivity contribution in [3.05, 3.63) is 300 Å². The molecule has 16 rings (SSSR count). The second-order valence-corrected chi connectivity index (χ2v) is 41.2. The second-order valence-electron chi connectivity index (χ2n) is 33.7. The van der Waals surface area contributed by atoms with Gasteiger partial charge in [-0.2, -0.15) is 48.7 Å². The molecule has 4 aliphatic heterocycles. The van der Waals surface area contributed by atoms with Gasteiger partial charge in [-0.1, -0.05) is 0 Å². The Balaban J connectivity index is 0.000000162. The van der Waals surface area contributed by atoms with Crippen LogP contribution in [0.25, 0.3) is 39.3 Å². The number of nitrogens with one attached hydrogen (secondary N) is 4. The number of carbonyl (C=O) groups is 4. The first-order valence-electron chi connectivity index (χ1n) is 43.4. The molecular formula is C93H84F18N18O12S4. The number of amides is 4. The fraction of sp³-hybridized carbons (Fsp3) is 0.301. The topological polar surface area (TPSA) is 387 Å². The fourth-order valence-corrected chi connectivity index (χ4v) is 21.8. The van der Waals surface area contributed by atoms with Gasteiger partial charge in [0.05, 0.1) is 73.0 Å². The van der Waals surface area contributed by atoms with Gasteiger partial charge in [0, 0.05) is 153 Å². The zero-order valence-electron chi connectivity index (χ0n) is 76.0. The molecule has 0 radical (unpaired) electrons. The number of hydrogen-bond donors (Lipinski definition) is 4. The van der Waals surface area contributed by atoms with E-state index in [2.05, 4.69) is 66.2 Å². The molecule has 4 N–H and O–H groups in total. The number of rotatable bonds is 28. The number of hydrogen-bond acceptors (Lipinski definition) is 21. The minimum Gasteiger partial charge on any atom is -0.351 e. The van der Waals surface area contributed by atoms with Crippen LogP contribution in [0.15, 0.2) is 239 Å². The number of pyridine rings is 2. The van der Waals surface area contributed by atoms with E-state index in [1.165, 1.54) is 43.1 Å². The lowest BCUT2D eigenvalue weighted by molar-refractivity contribution is -0.126. The van der Waals surface area contributed by atoms with Gasteiger partial charge in [-0.25, -0.2) is 111 Å². The van der Waals surface area contributed by atoms with Gasteiger partial charge in [0.2, 0.25) is 63.7 Å². The number of halogens is 18. The van der Waals surface area contributed by atoms with Gasteiger partial charge >= 0.3 is 11.8 Å². The van der Waals surface area contributed by atoms with E-state index in [4.69, 9.17) is 0 Å². The van der Waals surface area contributed by atoms with Gasteiger partial charge < -0.3 is 21.3 Å². The third-order valence-electron chi connectivity index (χ3n) is 22.6. The lowest BCUT2D eigenvalue weighted by Gasteiger charge is -2.24. The van der Waals surface area contributed by atoms with E-state index >= 15 is 0 Å². The molecule has 10 heterocycles. The molecule has 0 bridgehead atoms. The first kappa shape index (κ1) is 109. The molecule has 0 saturated carbocycles. The van der Waals surface area contributed by atoms with Crippen molar-refractivity contribution in [3.63, 3.8) is 0 Å². The van der Waals surface area contributed by atoms with Crippen molar-refractivity contribution in [3.8, 4) is 39.3 Å². The summed E-state index contributed by atoms with van der Waals surface area (Å²) in [6, 6.07) is 23.9. The van der Waals surface area contributed by atoms with Crippen molar-refractivity contribution in [1.29, 1.82) is 0 Å². The largest absolute Gasteiger partial charge is 0.351 e. The summed E-state index contributed by atoms with van der Waals surface area (Å²) in [6.07, 6.45) is 3.98. The zero-order chi connectivity index (χ0) is 105. The lowest BCUT2D eigenvalue weighted by atomic mass is 10.0. The number of nitrogens with zero attached hydrogens (tertiary/aromatic N) is 14. The molecule has 0 spiro atoms. The molecule has 52 heteroatoms. The van der Waals surface area contributed by atoms with Crippen LogP contribution in [0.1, 0.15) is 98.7 Å². The Morgan fingerprint density at radius 3 is 1.19 bits per heavy atom. The van der Waals surface area contributed by atoms with Gasteiger partial charge in [-0.05, 0) is 186 Å². The Morgan fingerprint density at radius 2 is 0.766 bits per heavy atom. The average Bonchev–Trinajstić information content (AvgIpc) is 1.65. The maximum atomic E-state index is 14.6. The SMILES string of the molecule is CC(F)(F)c1cnc(-c2ccnc(CNC(=O)[C@@H]3C[C@@H](F)CN3S(=O)(=O)c3ccc(F)cc3)c2)cn1.CC(F)(F)c1cnn(-c2cc(F)cc(CNC(=O)[C@@H]3C[C@@H](F)CN3S(=O)(=O)c3ccc(F)cc3)c2)c1.CC(F)(F)c1ncc(-c2cc(CNC(=O)[C@@H]3C[C@@H](F)CN3S(=O)(=O)c3ccc(F)cc3)ccn2)cn1.CC(F)(F)c1ncc(-c2cc(F)cc(CNC(=O)[C@@H]3[C@@H](F)CCN3S(=O)(=O)c3ccc(F)cc3)c2)cn1. The van der Waals surface area contributed by atoms with Gasteiger partial charge in [-0.15, -0.1) is 0 Å². The first-order valence-corrected chi connectivity index (χ1v) is 49.2. The Morgan fingerprint density at radius 1 is 0.359 bits per heavy atom. The van der Waals surface area contributed by atoms with Crippen LogP contribution in [0.4, 0.5) is 79.0 Å². The normalized spacial score (nSPS) is 18.8. The Bertz CT molecular complexity index is 6960. The molecule has 768 valence electrons. The Kier molecular flexibility index (Phi) is 33.3. The number of carbonyl (C=O) groups excluding carboxylic acids is 4. The van der Waals surface area contributed by atoms with E-state index in [9.17, 15) is 132 Å². The van der Waals surface area contributed by atoms with Gasteiger partial charge in [0.25, 0.3) is 11.8 Å². The van der Waals surface area contributed by atoms with Gasteiger partial charge in [0.15, 0.2) is 11.6 Å². The number of alkyl halides is 12. The molecule has 4 saturated heterocycles. The highest BCUT2D eigenvalue weighted by atomic mass is 32.2. The number of sulfonamides is 4. The summed E-state index contributed by atoms with van der Waals surface area (Å²) in [6.45, 7) is 0.276. The van der Waals surface area contributed by atoms with Crippen molar-refractivity contribution in [2.75, 3.05) is 26.2 Å². The van der Waals surface area contributed by atoms with Crippen molar-refractivity contribution in [2.24, 2.45) is 0 Å². The van der Waals surface area contributed by atoms with E-state index in [0.29, 0.717) is 65.8 Å². The van der Waals surface area contributed by atoms with Crippen LogP contribution in [0.3, 0.4) is 0 Å². The van der Waals surface area contributed by atoms with Crippen LogP contribution < -0.4 is 21.3 Å². The van der Waals surface area contributed by atoms with Crippen LogP contribution in [0.2, 0.25) is 0 Å². The van der Waals surface area contributed by atoms with Crippen molar-refractivity contribution in [1.82, 2.24) is 88.1 Å². The standard InChI is InChI=1S/C24H21F5N4O3S.C23H21F5N4O3S.2C23H21F4N5O3S/c1-24(28,29)23-31-12-16(13-32-23)15-8-14(9-18(26)10-15)11-30-22(34)21-20(27)6-7-33(21)37(35,36)19-4-2-17(25)3-5-19;1-23(27,28)15-11-30-31(12-15)19-7-14(6-17(25)8-19)10-29-22(33)21-9-18(26)13-32(21)36(34,35)20-4-2-16(24)3-5-20;1-23(26,27)21-12-29-19(11-30-21)14-6-7-28-17(8-14)10-31-22(33)20-9-16(25)13-32(20)36(34,35)18-4-2-15(24)3-5-18;1-23(26,27)22-30-11-15(12-31-22)19-8-14(6-7-28-19)10-29-21(33)20-9-17(25)13-32(20)36(34,35)18-4-2-16(24)3-5-18/h2-5,8-10,12-13,20-21H,6-7,11H2,1H3,(H,30,34);2-8,11-12,18,21H,9-10,13H2,1H3,(H,29,33);2-8,11-12,16,20H,9-10,13H2,1H3,(H,31,33);2-8,11-12,17,20H,9-10,13H2,1H3,(H,29,33)/t20-,21-;18-,21+;16-,20+;17-,20+/m0111/s1. The summed E-state index contributed by atoms with van der Waals surface area (Å²) in [5.41, 5.74) is 2.77. The first-order chi connectivity index (χ1) is 68.1. The zero-order valence-corrected chi connectivity index (χ0v) is 79.3. The highest BCUT2D eigenvalue weighted by Gasteiger charge is 2.50. The van der Waals surface area contributed by atoms with E-state index in [1.807, 2.05) is 0 Å². The molecule has 4 aliphatic rings. The highest BCUT2D eigenvalue weighted by molar-refractivity contribution is 7.90. The second kappa shape index (κ2) is 44.5. The molecule has 4 fully saturated rings. The van der Waals surface area contributed by atoms with Crippen molar-refractivity contribution < 1.29 is 132 Å². The van der Waals surface area contributed by atoms with Gasteiger partial charge in [-0.3, -0.25) is 39.1 Å². The molecule has 6 aromatic heterocycles. The minimum atomic E-state index is -4.29. The molecule has 8 atom stereocenters. The molecule has 30 nitrogen and oxygen atoms in total. The van der Waals surface area contributed by atoms with Crippen LogP contribution in [0, 0.1) is 34.9 Å². The highest BCUT2D eigenvalue weighted by Crippen LogP contribution is 2.37. The van der Waals surface area contributed by atoms with Crippen molar-refractivity contribution in [2.45, 2.75) is 172 Å². The predicted molar refractivity (Wildman–Crippen MR) is 482 cm³/mol. The number of benzene rings is 6. The van der Waals surface area contributed by atoms with Crippen LogP contribution in [-0.4, -0.2) is 199 Å². The molecule has 12 aromatic rings. The quantitative estimate of drug-likeness (QED) is 0.0331. The third kappa shape index (κ3) is 26.9. The lowest BCUT2D eigenvalue weighted by Crippen LogP contribution is -2.49. The summed E-state index contributed by atoms with van der Waals surface area (Å²) in [4.78, 5) is 80.8. The Labute approximate surface area is 816 Å². The van der Waals surface area contributed by atoms with Crippen LogP contribution in [0.5, 0.6) is 0 Å². The average molecular weight is 2120 g/mol. The summed E-state index contributed by atoms with van der Waals surface area (Å²) in [7, 11) is -17.1. The van der Waals surface area contributed by atoms with E-state index in [1.54, 1.807) is 24.3 Å². The third-order valence-corrected chi connectivity index (χ3v) is 30.2. The summed E-state index contributed by atoms with van der Waals surface area (Å²) < 4.78 is 353. The van der Waals surface area contributed by atoms with Crippen LogP contribution >= 0.6 is 0 Å². The molecule has 4 amide bonds. The predicted octanol–water partition coefficient (Wildman–Crippen LogP) is 14.0. The monoisotopic (exact) mass is 2110 g/mol. The van der Waals surface area contributed by atoms with Gasteiger partial charge in [0.1, 0.15) is 89.5 Å². The Hall–Kier alpha value is -13.7. The summed E-state index contributed by atoms with van der Waals surface area (Å²) >= 11 is 0. The maximum Gasteiger partial charge on any atom is 0.303 e. The van der Waals surface area contributed by atoms with Crippen LogP contribution in [-0.2, 0) is 109 Å². The number of aromatic nitrogens is 10. The summed E-state index contributed by atoms with van der Waals surface area (Å²) in [5, 5.41) is 13.9. The molecule has 0 unspecified atom stereocenters. The summed E-state index contributed by atoms with van der Waals surface area (Å²) in [5.74, 6) is -21.2. The smallest absolute Gasteiger partial charge is 0.303 e. The van der Waals surface area contributed by atoms with Crippen molar-refractivity contribution >= 4 is 63.7 Å². The minimum absolute atomic E-state index is 0.0296. The maximum absolute atomic E-state index is 14.6. The molecule has 6 aromatic carbocycles. The molecule has 0 aliphatic carbocycles. The van der Waals surface area contributed by atoms with E-state index in [-0.39, 0.29) is 111 Å².